The van der Waals surface area contributed by atoms with Gasteiger partial charge in [-0.2, -0.15) is 5.10 Å². The maximum atomic E-state index is 11.6. The van der Waals surface area contributed by atoms with Gasteiger partial charge in [0.25, 0.3) is 5.91 Å². The number of anilines is 1. The van der Waals surface area contributed by atoms with Crippen LogP contribution in [0.5, 0.6) is 0 Å². The number of nitrogens with zero attached hydrogens (tertiary/aromatic N) is 2. The Morgan fingerprint density at radius 1 is 1.53 bits per heavy atom. The number of aliphatic carboxylic acids is 1. The van der Waals surface area contributed by atoms with Crippen molar-refractivity contribution in [2.75, 3.05) is 5.32 Å². The zero-order valence-electron chi connectivity index (χ0n) is 8.51. The molecule has 7 nitrogen and oxygen atoms in total. The molecule has 0 aliphatic rings. The third-order valence-corrected chi connectivity index (χ3v) is 2.67. The number of carboxylic acids is 1. The van der Waals surface area contributed by atoms with Crippen LogP contribution in [0.15, 0.2) is 17.8 Å². The lowest BCUT2D eigenvalue weighted by Crippen LogP contribution is -2.11. The molecule has 0 saturated carbocycles. The smallest absolute Gasteiger partial charge is 0.309 e. The molecule has 3 N–H and O–H groups in total. The van der Waals surface area contributed by atoms with Gasteiger partial charge in [-0.15, -0.1) is 11.3 Å². The molecule has 2 aromatic rings. The maximum Gasteiger partial charge on any atom is 0.309 e. The monoisotopic (exact) mass is 252 g/mol. The van der Waals surface area contributed by atoms with Crippen molar-refractivity contribution in [3.63, 3.8) is 0 Å². The van der Waals surface area contributed by atoms with Gasteiger partial charge in [0.1, 0.15) is 0 Å². The van der Waals surface area contributed by atoms with Crippen molar-refractivity contribution in [3.8, 4) is 0 Å². The van der Waals surface area contributed by atoms with E-state index in [0.717, 1.165) is 0 Å². The van der Waals surface area contributed by atoms with Crippen LogP contribution in [0.2, 0.25) is 0 Å². The highest BCUT2D eigenvalue weighted by molar-refractivity contribution is 7.14. The minimum atomic E-state index is -0.956. The lowest BCUT2D eigenvalue weighted by molar-refractivity contribution is -0.136. The summed E-state index contributed by atoms with van der Waals surface area (Å²) in [6, 6.07) is 0. The van der Waals surface area contributed by atoms with Gasteiger partial charge in [0, 0.05) is 11.6 Å². The lowest BCUT2D eigenvalue weighted by atomic mass is 10.3. The van der Waals surface area contributed by atoms with Gasteiger partial charge in [-0.3, -0.25) is 20.0 Å². The quantitative estimate of drug-likeness (QED) is 0.744. The van der Waals surface area contributed by atoms with E-state index in [-0.39, 0.29) is 12.3 Å². The Kier molecular flexibility index (Phi) is 3.15. The summed E-state index contributed by atoms with van der Waals surface area (Å²) in [6.07, 6.45) is 2.69. The predicted octanol–water partition coefficient (Wildman–Crippen LogP) is 0.746. The van der Waals surface area contributed by atoms with E-state index in [4.69, 9.17) is 5.11 Å². The van der Waals surface area contributed by atoms with Crippen LogP contribution in [-0.2, 0) is 11.2 Å². The Morgan fingerprint density at radius 3 is 3.00 bits per heavy atom. The number of hydrogen-bond acceptors (Lipinski definition) is 5. The van der Waals surface area contributed by atoms with Crippen molar-refractivity contribution in [2.45, 2.75) is 6.42 Å². The number of rotatable bonds is 4. The highest BCUT2D eigenvalue weighted by Gasteiger charge is 2.10. The molecule has 2 aromatic heterocycles. The number of carbonyl (C=O) groups is 2. The van der Waals surface area contributed by atoms with Crippen LogP contribution >= 0.6 is 11.3 Å². The van der Waals surface area contributed by atoms with Crippen molar-refractivity contribution in [3.05, 3.63) is 29.0 Å². The van der Waals surface area contributed by atoms with Gasteiger partial charge in [-0.25, -0.2) is 4.98 Å². The van der Waals surface area contributed by atoms with Crippen LogP contribution in [0.3, 0.4) is 0 Å². The summed E-state index contributed by atoms with van der Waals surface area (Å²) in [4.78, 5) is 26.0. The number of carboxylic acid groups (broad SMARTS) is 1. The van der Waals surface area contributed by atoms with Gasteiger partial charge in [-0.05, 0) is 0 Å². The summed E-state index contributed by atoms with van der Waals surface area (Å²) in [7, 11) is 0. The molecule has 8 heteroatoms. The van der Waals surface area contributed by atoms with Crippen molar-refractivity contribution < 1.29 is 14.7 Å². The zero-order valence-corrected chi connectivity index (χ0v) is 9.32. The molecule has 0 aromatic carbocycles. The number of amides is 1. The number of carbonyl (C=O) groups excluding carboxylic acids is 1. The molecule has 2 heterocycles. The second-order valence-electron chi connectivity index (χ2n) is 3.16. The van der Waals surface area contributed by atoms with Gasteiger partial charge in [0.15, 0.2) is 5.13 Å². The first kappa shape index (κ1) is 11.3. The summed E-state index contributed by atoms with van der Waals surface area (Å²) in [5.41, 5.74) is 0.810. The van der Waals surface area contributed by atoms with Crippen LogP contribution in [0, 0.1) is 0 Å². The Labute approximate surface area is 99.5 Å². The van der Waals surface area contributed by atoms with E-state index in [1.165, 1.54) is 23.7 Å². The van der Waals surface area contributed by atoms with Gasteiger partial charge in [0.2, 0.25) is 0 Å². The Hall–Kier alpha value is -2.22. The second-order valence-corrected chi connectivity index (χ2v) is 4.01. The van der Waals surface area contributed by atoms with Crippen molar-refractivity contribution >= 4 is 28.3 Å². The van der Waals surface area contributed by atoms with Gasteiger partial charge in [-0.1, -0.05) is 0 Å². The van der Waals surface area contributed by atoms with Crippen LogP contribution in [0.4, 0.5) is 5.13 Å². The van der Waals surface area contributed by atoms with Gasteiger partial charge in [0.05, 0.1) is 23.9 Å². The molecule has 0 saturated heterocycles. The molecule has 0 fully saturated rings. The first-order chi connectivity index (χ1) is 8.15. The Balaban J connectivity index is 2.02. The summed E-state index contributed by atoms with van der Waals surface area (Å²) in [6.45, 7) is 0. The molecule has 1 amide bonds. The molecule has 0 bridgehead atoms. The van der Waals surface area contributed by atoms with Crippen LogP contribution in [-0.4, -0.2) is 32.2 Å². The highest BCUT2D eigenvalue weighted by Crippen LogP contribution is 2.16. The molecule has 0 atom stereocenters. The normalized spacial score (nSPS) is 10.1. The minimum Gasteiger partial charge on any atom is -0.481 e. The molecule has 17 heavy (non-hydrogen) atoms. The van der Waals surface area contributed by atoms with Crippen molar-refractivity contribution in [2.24, 2.45) is 0 Å². The number of nitrogens with one attached hydrogen (secondary N) is 2. The van der Waals surface area contributed by atoms with Crippen molar-refractivity contribution in [1.29, 1.82) is 0 Å². The number of thiazole rings is 1. The zero-order chi connectivity index (χ0) is 12.3. The van der Waals surface area contributed by atoms with E-state index >= 15 is 0 Å². The van der Waals surface area contributed by atoms with Crippen LogP contribution in [0.25, 0.3) is 0 Å². The average Bonchev–Trinajstić information content (AvgIpc) is 2.87. The predicted molar refractivity (Wildman–Crippen MR) is 60.0 cm³/mol. The first-order valence-corrected chi connectivity index (χ1v) is 5.49. The van der Waals surface area contributed by atoms with Crippen LogP contribution in [0.1, 0.15) is 16.1 Å². The summed E-state index contributed by atoms with van der Waals surface area (Å²) in [5, 5.41) is 19.3. The molecular weight excluding hydrogens is 244 g/mol. The fraction of sp³-hybridized carbons (Fsp3) is 0.111. The fourth-order valence-electron chi connectivity index (χ4n) is 1.14. The van der Waals surface area contributed by atoms with E-state index in [2.05, 4.69) is 20.5 Å². The fourth-order valence-corrected chi connectivity index (χ4v) is 1.85. The molecule has 0 spiro atoms. The SMILES string of the molecule is O=C(O)Cc1csc(NC(=O)c2cn[nH]c2)n1. The molecule has 88 valence electrons. The van der Waals surface area contributed by atoms with E-state index in [1.807, 2.05) is 0 Å². The minimum absolute atomic E-state index is 0.155. The molecule has 0 unspecified atom stereocenters. The third-order valence-electron chi connectivity index (χ3n) is 1.86. The molecule has 0 aliphatic carbocycles. The van der Waals surface area contributed by atoms with Gasteiger partial charge < -0.3 is 5.11 Å². The maximum absolute atomic E-state index is 11.6. The largest absolute Gasteiger partial charge is 0.481 e. The number of hydrogen-bond donors (Lipinski definition) is 3. The summed E-state index contributed by atoms with van der Waals surface area (Å²) < 4.78 is 0. The van der Waals surface area contributed by atoms with E-state index in [1.54, 1.807) is 5.38 Å². The highest BCUT2D eigenvalue weighted by atomic mass is 32.1. The standard InChI is InChI=1S/C9H8N4O3S/c14-7(15)1-6-4-17-9(12-6)13-8(16)5-2-10-11-3-5/h2-4H,1H2,(H,10,11)(H,14,15)(H,12,13,16). The summed E-state index contributed by atoms with van der Waals surface area (Å²) in [5.74, 6) is -1.29. The van der Waals surface area contributed by atoms with Crippen LogP contribution < -0.4 is 5.32 Å². The Morgan fingerprint density at radius 2 is 2.35 bits per heavy atom. The average molecular weight is 252 g/mol. The topological polar surface area (TPSA) is 108 Å². The molecular formula is C9H8N4O3S. The van der Waals surface area contributed by atoms with E-state index in [0.29, 0.717) is 16.4 Å². The third kappa shape index (κ3) is 2.88. The van der Waals surface area contributed by atoms with Gasteiger partial charge >= 0.3 is 5.97 Å². The molecule has 0 radical (unpaired) electrons. The van der Waals surface area contributed by atoms with E-state index in [9.17, 15) is 9.59 Å². The van der Waals surface area contributed by atoms with Crippen molar-refractivity contribution in [1.82, 2.24) is 15.2 Å². The number of aromatic nitrogens is 3. The van der Waals surface area contributed by atoms with E-state index < -0.39 is 5.97 Å². The lowest BCUT2D eigenvalue weighted by Gasteiger charge is -1.97. The first-order valence-electron chi connectivity index (χ1n) is 4.61. The summed E-state index contributed by atoms with van der Waals surface area (Å²) >= 11 is 1.18. The molecule has 2 rings (SSSR count). The number of aromatic amines is 1. The molecule has 0 aliphatic heterocycles. The number of H-pyrrole nitrogens is 1. The second kappa shape index (κ2) is 4.74. The Bertz CT molecular complexity index is 534.